The van der Waals surface area contributed by atoms with Crippen LogP contribution in [0.1, 0.15) is 20.8 Å². The minimum Gasteiger partial charge on any atom is -0.311 e. The molecule has 2 fully saturated rings. The third kappa shape index (κ3) is 1.00. The molecule has 0 aromatic heterocycles. The lowest BCUT2D eigenvalue weighted by Crippen LogP contribution is -2.46. The highest BCUT2D eigenvalue weighted by atomic mass is 15.3. The highest BCUT2D eigenvalue weighted by Crippen LogP contribution is 2.30. The number of likely N-dealkylation sites (tertiary alicyclic amines) is 1. The fourth-order valence-corrected chi connectivity index (χ4v) is 2.52. The van der Waals surface area contributed by atoms with Crippen LogP contribution >= 0.6 is 0 Å². The largest absolute Gasteiger partial charge is 0.311 e. The smallest absolute Gasteiger partial charge is 0.0265 e. The van der Waals surface area contributed by atoms with E-state index in [9.17, 15) is 0 Å². The van der Waals surface area contributed by atoms with Gasteiger partial charge in [0.15, 0.2) is 0 Å². The lowest BCUT2D eigenvalue weighted by molar-refractivity contribution is 0.174. The SMILES string of the molecule is CC(C)N1C[C@H]2NC[C@@H]1[C@@H]2C. The Morgan fingerprint density at radius 3 is 2.45 bits per heavy atom. The van der Waals surface area contributed by atoms with Crippen LogP contribution in [-0.2, 0) is 0 Å². The summed E-state index contributed by atoms with van der Waals surface area (Å²) < 4.78 is 0. The first-order valence-corrected chi connectivity index (χ1v) is 4.69. The van der Waals surface area contributed by atoms with E-state index in [4.69, 9.17) is 0 Å². The highest BCUT2D eigenvalue weighted by Gasteiger charge is 2.44. The molecule has 3 atom stereocenters. The Hall–Kier alpha value is -0.0800. The van der Waals surface area contributed by atoms with Gasteiger partial charge in [0, 0.05) is 31.2 Å². The lowest BCUT2D eigenvalue weighted by Gasteiger charge is -2.30. The Morgan fingerprint density at radius 2 is 2.18 bits per heavy atom. The summed E-state index contributed by atoms with van der Waals surface area (Å²) in [6.07, 6.45) is 0. The van der Waals surface area contributed by atoms with Crippen LogP contribution in [0.2, 0.25) is 0 Å². The normalized spacial score (nSPS) is 44.2. The summed E-state index contributed by atoms with van der Waals surface area (Å²) >= 11 is 0. The maximum absolute atomic E-state index is 3.55. The van der Waals surface area contributed by atoms with Crippen molar-refractivity contribution in [2.45, 2.75) is 38.9 Å². The van der Waals surface area contributed by atoms with E-state index < -0.39 is 0 Å². The van der Waals surface area contributed by atoms with E-state index in [-0.39, 0.29) is 0 Å². The zero-order chi connectivity index (χ0) is 8.01. The Morgan fingerprint density at radius 1 is 1.45 bits per heavy atom. The highest BCUT2D eigenvalue weighted by molar-refractivity contribution is 5.03. The molecule has 64 valence electrons. The Kier molecular flexibility index (Phi) is 1.69. The molecule has 2 bridgehead atoms. The van der Waals surface area contributed by atoms with Gasteiger partial charge < -0.3 is 5.32 Å². The maximum Gasteiger partial charge on any atom is 0.0265 e. The van der Waals surface area contributed by atoms with Crippen LogP contribution in [0.3, 0.4) is 0 Å². The summed E-state index contributed by atoms with van der Waals surface area (Å²) in [5.74, 6) is 0.873. The number of fused-ring (bicyclic) bond motifs is 2. The summed E-state index contributed by atoms with van der Waals surface area (Å²) in [6, 6.07) is 2.33. The van der Waals surface area contributed by atoms with Gasteiger partial charge in [-0.15, -0.1) is 0 Å². The van der Waals surface area contributed by atoms with Gasteiger partial charge in [-0.05, 0) is 19.8 Å². The second-order valence-corrected chi connectivity index (χ2v) is 4.23. The first-order valence-electron chi connectivity index (χ1n) is 4.69. The van der Waals surface area contributed by atoms with E-state index in [0.29, 0.717) is 0 Å². The molecule has 2 nitrogen and oxygen atoms in total. The van der Waals surface area contributed by atoms with E-state index in [1.807, 2.05) is 0 Å². The molecule has 2 aliphatic rings. The van der Waals surface area contributed by atoms with E-state index in [1.54, 1.807) is 0 Å². The monoisotopic (exact) mass is 154 g/mol. The van der Waals surface area contributed by atoms with Crippen molar-refractivity contribution >= 4 is 0 Å². The number of hydrogen-bond donors (Lipinski definition) is 1. The van der Waals surface area contributed by atoms with Crippen LogP contribution in [0.4, 0.5) is 0 Å². The summed E-state index contributed by atoms with van der Waals surface area (Å²) in [4.78, 5) is 2.63. The van der Waals surface area contributed by atoms with Crippen LogP contribution in [0.5, 0.6) is 0 Å². The molecule has 0 aromatic carbocycles. The Bertz CT molecular complexity index is 156. The Balaban J connectivity index is 2.09. The van der Waals surface area contributed by atoms with E-state index in [1.165, 1.54) is 13.1 Å². The molecule has 2 heteroatoms. The van der Waals surface area contributed by atoms with Gasteiger partial charge in [0.05, 0.1) is 0 Å². The molecule has 0 amide bonds. The number of hydrogen-bond acceptors (Lipinski definition) is 2. The molecule has 1 N–H and O–H groups in total. The molecule has 2 heterocycles. The second kappa shape index (κ2) is 2.46. The quantitative estimate of drug-likeness (QED) is 0.597. The molecule has 0 radical (unpaired) electrons. The zero-order valence-corrected chi connectivity index (χ0v) is 7.67. The molecule has 0 spiro atoms. The third-order valence-electron chi connectivity index (χ3n) is 3.33. The van der Waals surface area contributed by atoms with E-state index in [2.05, 4.69) is 31.0 Å². The Labute approximate surface area is 69.0 Å². The molecular formula is C9H18N2. The van der Waals surface area contributed by atoms with Crippen molar-refractivity contribution in [3.8, 4) is 0 Å². The predicted molar refractivity (Wildman–Crippen MR) is 46.6 cm³/mol. The number of piperazine rings is 1. The van der Waals surface area contributed by atoms with Gasteiger partial charge in [-0.3, -0.25) is 4.90 Å². The average molecular weight is 154 g/mol. The van der Waals surface area contributed by atoms with Crippen molar-refractivity contribution in [1.82, 2.24) is 10.2 Å². The van der Waals surface area contributed by atoms with Crippen LogP contribution in [-0.4, -0.2) is 36.1 Å². The summed E-state index contributed by atoms with van der Waals surface area (Å²) in [6.45, 7) is 9.45. The van der Waals surface area contributed by atoms with Crippen molar-refractivity contribution < 1.29 is 0 Å². The van der Waals surface area contributed by atoms with E-state index >= 15 is 0 Å². The number of rotatable bonds is 1. The van der Waals surface area contributed by atoms with Gasteiger partial charge in [-0.25, -0.2) is 0 Å². The molecule has 0 saturated carbocycles. The standard InChI is InChI=1S/C9H18N2/c1-6(2)11-5-8-7(3)9(11)4-10-8/h6-10H,4-5H2,1-3H3/t7-,8-,9-/m1/s1. The van der Waals surface area contributed by atoms with Gasteiger partial charge in [0.1, 0.15) is 0 Å². The van der Waals surface area contributed by atoms with Crippen molar-refractivity contribution in [1.29, 1.82) is 0 Å². The first-order chi connectivity index (χ1) is 5.20. The summed E-state index contributed by atoms with van der Waals surface area (Å²) in [7, 11) is 0. The number of nitrogens with zero attached hydrogens (tertiary/aromatic N) is 1. The van der Waals surface area contributed by atoms with Crippen molar-refractivity contribution in [2.24, 2.45) is 5.92 Å². The minimum absolute atomic E-state index is 0.731. The zero-order valence-electron chi connectivity index (χ0n) is 7.67. The van der Waals surface area contributed by atoms with Gasteiger partial charge in [-0.2, -0.15) is 0 Å². The molecule has 0 unspecified atom stereocenters. The fourth-order valence-electron chi connectivity index (χ4n) is 2.52. The van der Waals surface area contributed by atoms with Crippen LogP contribution in [0.25, 0.3) is 0 Å². The summed E-state index contributed by atoms with van der Waals surface area (Å²) in [5.41, 5.74) is 0. The van der Waals surface area contributed by atoms with Gasteiger partial charge in [0.2, 0.25) is 0 Å². The van der Waals surface area contributed by atoms with Gasteiger partial charge >= 0.3 is 0 Å². The van der Waals surface area contributed by atoms with Gasteiger partial charge in [0.25, 0.3) is 0 Å². The minimum atomic E-state index is 0.731. The topological polar surface area (TPSA) is 15.3 Å². The maximum atomic E-state index is 3.55. The second-order valence-electron chi connectivity index (χ2n) is 4.23. The molecule has 2 saturated heterocycles. The van der Waals surface area contributed by atoms with Crippen LogP contribution < -0.4 is 5.32 Å². The van der Waals surface area contributed by atoms with E-state index in [0.717, 1.165) is 24.0 Å². The molecule has 11 heavy (non-hydrogen) atoms. The first kappa shape index (κ1) is 7.56. The van der Waals surface area contributed by atoms with Crippen molar-refractivity contribution in [3.63, 3.8) is 0 Å². The lowest BCUT2D eigenvalue weighted by atomic mass is 10.0. The van der Waals surface area contributed by atoms with Crippen molar-refractivity contribution in [2.75, 3.05) is 13.1 Å². The third-order valence-corrected chi connectivity index (χ3v) is 3.33. The average Bonchev–Trinajstić information content (AvgIpc) is 2.46. The molecule has 0 aromatic rings. The fraction of sp³-hybridized carbons (Fsp3) is 1.00. The number of nitrogens with one attached hydrogen (secondary N) is 1. The van der Waals surface area contributed by atoms with Crippen LogP contribution in [0, 0.1) is 5.92 Å². The van der Waals surface area contributed by atoms with Crippen molar-refractivity contribution in [3.05, 3.63) is 0 Å². The molecule has 2 aliphatic heterocycles. The predicted octanol–water partition coefficient (Wildman–Crippen LogP) is 0.687. The van der Waals surface area contributed by atoms with Gasteiger partial charge in [-0.1, -0.05) is 6.92 Å². The van der Waals surface area contributed by atoms with Crippen LogP contribution in [0.15, 0.2) is 0 Å². The molecular weight excluding hydrogens is 136 g/mol. The molecule has 2 rings (SSSR count). The summed E-state index contributed by atoms with van der Waals surface area (Å²) in [5, 5.41) is 3.55. The molecule has 0 aliphatic carbocycles.